The summed E-state index contributed by atoms with van der Waals surface area (Å²) >= 11 is 0. The molecular weight excluding hydrogens is 176 g/mol. The smallest absolute Gasteiger partial charge is 0.346 e. The lowest BCUT2D eigenvalue weighted by Crippen LogP contribution is -2.23. The van der Waals surface area contributed by atoms with Crippen molar-refractivity contribution in [2.24, 2.45) is 16.0 Å². The first-order valence-electron chi connectivity index (χ1n) is 4.04. The monoisotopic (exact) mass is 190 g/mol. The van der Waals surface area contributed by atoms with E-state index in [1.54, 1.807) is 0 Å². The molecule has 1 rings (SSSR count). The molecule has 70 valence electrons. The average Bonchev–Trinajstić information content (AvgIpc) is 1.94. The molecule has 0 saturated carbocycles. The molecule has 1 aliphatic rings. The standard InChI is InChI=1S/C7H14N2O2S/c1-6-2-4-12(11,5-3-6)9-7(8)10/h6H,2-5H2,1H3,(H2,8,10). The first kappa shape index (κ1) is 9.51. The summed E-state index contributed by atoms with van der Waals surface area (Å²) in [4.78, 5) is 10.4. The third-order valence-corrected chi connectivity index (χ3v) is 4.38. The van der Waals surface area contributed by atoms with Gasteiger partial charge in [-0.05, 0) is 18.8 Å². The molecule has 1 aliphatic heterocycles. The van der Waals surface area contributed by atoms with E-state index in [1.165, 1.54) is 0 Å². The average molecular weight is 190 g/mol. The van der Waals surface area contributed by atoms with E-state index in [1.807, 2.05) is 0 Å². The number of primary amides is 1. The Balaban J connectivity index is 2.75. The molecule has 0 bridgehead atoms. The molecule has 0 unspecified atom stereocenters. The molecule has 2 N–H and O–H groups in total. The Morgan fingerprint density at radius 2 is 2.00 bits per heavy atom. The fourth-order valence-corrected chi connectivity index (χ4v) is 3.53. The number of nitrogens with two attached hydrogens (primary N) is 1. The van der Waals surface area contributed by atoms with Crippen LogP contribution in [0.2, 0.25) is 0 Å². The second-order valence-corrected chi connectivity index (χ2v) is 5.84. The first-order valence-corrected chi connectivity index (χ1v) is 5.89. The fraction of sp³-hybridized carbons (Fsp3) is 0.857. The van der Waals surface area contributed by atoms with E-state index < -0.39 is 15.8 Å². The number of nitrogens with zero attached hydrogens (tertiary/aromatic N) is 1. The Labute approximate surface area is 72.7 Å². The SMILES string of the molecule is CC1CCS(=O)(=NC(N)=O)CC1. The molecule has 0 aromatic heterocycles. The number of hydrogen-bond acceptors (Lipinski definition) is 2. The highest BCUT2D eigenvalue weighted by Gasteiger charge is 2.19. The van der Waals surface area contributed by atoms with Crippen LogP contribution in [0.3, 0.4) is 0 Å². The van der Waals surface area contributed by atoms with Crippen LogP contribution in [0.5, 0.6) is 0 Å². The summed E-state index contributed by atoms with van der Waals surface area (Å²) in [5.41, 5.74) is 4.86. The van der Waals surface area contributed by atoms with E-state index in [-0.39, 0.29) is 0 Å². The molecule has 0 spiro atoms. The molecule has 0 radical (unpaired) electrons. The lowest BCUT2D eigenvalue weighted by molar-refractivity contribution is 0.257. The van der Waals surface area contributed by atoms with Crippen molar-refractivity contribution in [2.45, 2.75) is 19.8 Å². The largest absolute Gasteiger partial charge is 0.349 e. The number of urea groups is 1. The van der Waals surface area contributed by atoms with Gasteiger partial charge in [0.2, 0.25) is 0 Å². The molecule has 0 aliphatic carbocycles. The number of rotatable bonds is 0. The summed E-state index contributed by atoms with van der Waals surface area (Å²) in [6.07, 6.45) is 1.77. The van der Waals surface area contributed by atoms with E-state index in [0.717, 1.165) is 12.8 Å². The molecule has 12 heavy (non-hydrogen) atoms. The van der Waals surface area contributed by atoms with Gasteiger partial charge in [0.25, 0.3) is 0 Å². The molecule has 5 heteroatoms. The first-order chi connectivity index (χ1) is 5.52. The summed E-state index contributed by atoms with van der Waals surface area (Å²) in [5.74, 6) is 1.65. The predicted octanol–water partition coefficient (Wildman–Crippen LogP) is 0.963. The van der Waals surface area contributed by atoms with Crippen LogP contribution >= 0.6 is 0 Å². The van der Waals surface area contributed by atoms with Gasteiger partial charge in [0.15, 0.2) is 0 Å². The van der Waals surface area contributed by atoms with Crippen LogP contribution in [-0.2, 0) is 9.73 Å². The van der Waals surface area contributed by atoms with Crippen molar-refractivity contribution in [3.05, 3.63) is 0 Å². The zero-order chi connectivity index (χ0) is 9.19. The lowest BCUT2D eigenvalue weighted by Gasteiger charge is -2.20. The summed E-state index contributed by atoms with van der Waals surface area (Å²) in [7, 11) is -2.27. The lowest BCUT2D eigenvalue weighted by atomic mass is 10.1. The summed E-state index contributed by atoms with van der Waals surface area (Å²) in [6.45, 7) is 2.11. The summed E-state index contributed by atoms with van der Waals surface area (Å²) in [6, 6.07) is -0.797. The Hall–Kier alpha value is -0.580. The van der Waals surface area contributed by atoms with Gasteiger partial charge in [-0.3, -0.25) is 0 Å². The van der Waals surface area contributed by atoms with Crippen molar-refractivity contribution in [3.8, 4) is 0 Å². The molecule has 1 heterocycles. The molecule has 0 aromatic rings. The topological polar surface area (TPSA) is 72.5 Å². The van der Waals surface area contributed by atoms with Crippen molar-refractivity contribution < 1.29 is 9.00 Å². The Morgan fingerprint density at radius 3 is 2.42 bits per heavy atom. The third kappa shape index (κ3) is 2.48. The molecule has 1 fully saturated rings. The summed E-state index contributed by atoms with van der Waals surface area (Å²) < 4.78 is 15.2. The van der Waals surface area contributed by atoms with E-state index in [4.69, 9.17) is 5.73 Å². The van der Waals surface area contributed by atoms with E-state index >= 15 is 0 Å². The minimum atomic E-state index is -2.27. The number of carbonyl (C=O) groups excluding carboxylic acids is 1. The van der Waals surface area contributed by atoms with Gasteiger partial charge in [-0.1, -0.05) is 6.92 Å². The number of hydrogen-bond donors (Lipinski definition) is 1. The van der Waals surface area contributed by atoms with Crippen LogP contribution in [0.4, 0.5) is 4.79 Å². The predicted molar refractivity (Wildman–Crippen MR) is 48.3 cm³/mol. The Bertz CT molecular complexity index is 278. The van der Waals surface area contributed by atoms with Gasteiger partial charge >= 0.3 is 6.03 Å². The van der Waals surface area contributed by atoms with Crippen LogP contribution < -0.4 is 5.73 Å². The summed E-state index contributed by atoms with van der Waals surface area (Å²) in [5, 5.41) is 0. The minimum Gasteiger partial charge on any atom is -0.349 e. The van der Waals surface area contributed by atoms with Gasteiger partial charge < -0.3 is 5.73 Å². The van der Waals surface area contributed by atoms with Crippen molar-refractivity contribution >= 4 is 15.8 Å². The van der Waals surface area contributed by atoms with Gasteiger partial charge in [-0.15, -0.1) is 4.36 Å². The van der Waals surface area contributed by atoms with Crippen molar-refractivity contribution in [2.75, 3.05) is 11.5 Å². The van der Waals surface area contributed by atoms with Crippen LogP contribution in [0.1, 0.15) is 19.8 Å². The highest BCUT2D eigenvalue weighted by atomic mass is 32.2. The van der Waals surface area contributed by atoms with E-state index in [0.29, 0.717) is 17.4 Å². The normalized spacial score (nSPS) is 35.9. The van der Waals surface area contributed by atoms with Gasteiger partial charge in [0.1, 0.15) is 0 Å². The molecule has 0 atom stereocenters. The van der Waals surface area contributed by atoms with Crippen molar-refractivity contribution in [1.29, 1.82) is 0 Å². The Kier molecular flexibility index (Phi) is 2.72. The fourth-order valence-electron chi connectivity index (χ4n) is 1.27. The Morgan fingerprint density at radius 1 is 1.50 bits per heavy atom. The van der Waals surface area contributed by atoms with Crippen molar-refractivity contribution in [1.82, 2.24) is 0 Å². The van der Waals surface area contributed by atoms with Crippen LogP contribution in [0.15, 0.2) is 4.36 Å². The van der Waals surface area contributed by atoms with Crippen LogP contribution in [-0.4, -0.2) is 21.7 Å². The van der Waals surface area contributed by atoms with Crippen LogP contribution in [0, 0.1) is 5.92 Å². The molecule has 4 nitrogen and oxygen atoms in total. The second-order valence-electron chi connectivity index (χ2n) is 3.29. The zero-order valence-electron chi connectivity index (χ0n) is 7.16. The van der Waals surface area contributed by atoms with Crippen molar-refractivity contribution in [3.63, 3.8) is 0 Å². The van der Waals surface area contributed by atoms with Gasteiger partial charge in [0.05, 0.1) is 9.73 Å². The maximum atomic E-state index is 11.7. The van der Waals surface area contributed by atoms with Gasteiger partial charge in [0, 0.05) is 11.5 Å². The molecular formula is C7H14N2O2S. The highest BCUT2D eigenvalue weighted by molar-refractivity contribution is 7.93. The van der Waals surface area contributed by atoms with E-state index in [9.17, 15) is 9.00 Å². The van der Waals surface area contributed by atoms with Crippen LogP contribution in [0.25, 0.3) is 0 Å². The van der Waals surface area contributed by atoms with E-state index in [2.05, 4.69) is 11.3 Å². The molecule has 1 saturated heterocycles. The number of amides is 2. The zero-order valence-corrected chi connectivity index (χ0v) is 7.97. The maximum Gasteiger partial charge on any atom is 0.346 e. The highest BCUT2D eigenvalue weighted by Crippen LogP contribution is 2.19. The van der Waals surface area contributed by atoms with Gasteiger partial charge in [-0.25, -0.2) is 9.00 Å². The molecule has 0 aromatic carbocycles. The third-order valence-electron chi connectivity index (χ3n) is 2.12. The quantitative estimate of drug-likeness (QED) is 0.618. The maximum absolute atomic E-state index is 11.7. The second kappa shape index (κ2) is 3.43. The minimum absolute atomic E-state index is 0.525. The van der Waals surface area contributed by atoms with Gasteiger partial charge in [-0.2, -0.15) is 0 Å². The molecule has 2 amide bonds. The number of carbonyl (C=O) groups is 1.